The van der Waals surface area contributed by atoms with Crippen LogP contribution in [0, 0.1) is 17.8 Å². The highest BCUT2D eigenvalue weighted by Crippen LogP contribution is 2.51. The van der Waals surface area contributed by atoms with Gasteiger partial charge in [0.25, 0.3) is 0 Å². The molecule has 0 aromatic heterocycles. The Morgan fingerprint density at radius 1 is 1.10 bits per heavy atom. The molecule has 1 heterocycles. The summed E-state index contributed by atoms with van der Waals surface area (Å²) in [4.78, 5) is 0. The molecule has 4 nitrogen and oxygen atoms in total. The third kappa shape index (κ3) is 1.73. The molecule has 1 saturated heterocycles. The molecule has 1 N–H and O–H groups in total. The van der Waals surface area contributed by atoms with Crippen molar-refractivity contribution in [3.05, 3.63) is 42.5 Å². The predicted octanol–water partition coefficient (Wildman–Crippen LogP) is 2.07. The van der Waals surface area contributed by atoms with Crippen molar-refractivity contribution in [1.82, 2.24) is 0 Å². The lowest BCUT2D eigenvalue weighted by atomic mass is 9.90. The lowest BCUT2D eigenvalue weighted by Gasteiger charge is -2.18. The standard InChI is InChI=1S/C15H16N2O2S/c18-20(19)9-13(17-16-12-4-2-1-3-5-12)14-10-6-7-11(8-10)15(14)20/h1-7,10-11,14-16H,8-9H2/b17-13-/t10-,11-,14+,15+/m1/s1. The van der Waals surface area contributed by atoms with Crippen molar-refractivity contribution in [2.24, 2.45) is 22.9 Å². The summed E-state index contributed by atoms with van der Waals surface area (Å²) in [6.45, 7) is 0. The summed E-state index contributed by atoms with van der Waals surface area (Å²) >= 11 is 0. The van der Waals surface area contributed by atoms with Gasteiger partial charge in [0.05, 0.1) is 22.4 Å². The van der Waals surface area contributed by atoms with Crippen LogP contribution in [-0.4, -0.2) is 25.1 Å². The minimum absolute atomic E-state index is 0.0891. The zero-order valence-corrected chi connectivity index (χ0v) is 11.8. The number of sulfone groups is 1. The van der Waals surface area contributed by atoms with Crippen LogP contribution in [0.4, 0.5) is 5.69 Å². The van der Waals surface area contributed by atoms with Gasteiger partial charge in [-0.3, -0.25) is 5.43 Å². The summed E-state index contributed by atoms with van der Waals surface area (Å²) in [5, 5.41) is 4.18. The van der Waals surface area contributed by atoms with E-state index in [-0.39, 0.29) is 22.8 Å². The highest BCUT2D eigenvalue weighted by atomic mass is 32.2. The van der Waals surface area contributed by atoms with Gasteiger partial charge in [-0.15, -0.1) is 0 Å². The van der Waals surface area contributed by atoms with E-state index in [1.807, 2.05) is 30.3 Å². The van der Waals surface area contributed by atoms with Crippen LogP contribution in [0.5, 0.6) is 0 Å². The Labute approximate surface area is 118 Å². The third-order valence-corrected chi connectivity index (χ3v) is 6.81. The molecule has 0 amide bonds. The molecular formula is C15H16N2O2S. The Morgan fingerprint density at radius 2 is 1.85 bits per heavy atom. The van der Waals surface area contributed by atoms with Crippen molar-refractivity contribution in [2.75, 3.05) is 11.2 Å². The fourth-order valence-corrected chi connectivity index (χ4v) is 6.26. The molecule has 0 unspecified atom stereocenters. The molecule has 3 aliphatic rings. The van der Waals surface area contributed by atoms with Crippen LogP contribution < -0.4 is 5.43 Å². The minimum atomic E-state index is -3.03. The Hall–Kier alpha value is -1.62. The first-order valence-corrected chi connectivity index (χ1v) is 8.64. The van der Waals surface area contributed by atoms with Crippen LogP contribution in [-0.2, 0) is 9.84 Å². The maximum atomic E-state index is 12.3. The molecule has 4 rings (SSSR count). The quantitative estimate of drug-likeness (QED) is 0.669. The van der Waals surface area contributed by atoms with Gasteiger partial charge < -0.3 is 0 Å². The van der Waals surface area contributed by atoms with Gasteiger partial charge in [-0.25, -0.2) is 8.42 Å². The summed E-state index contributed by atoms with van der Waals surface area (Å²) in [5.41, 5.74) is 4.69. The van der Waals surface area contributed by atoms with Crippen LogP contribution in [0.2, 0.25) is 0 Å². The monoisotopic (exact) mass is 288 g/mol. The maximum Gasteiger partial charge on any atom is 0.159 e. The SMILES string of the molecule is O=S1(=O)C/C(=N/Nc2ccccc2)[C@H]2[C@@H]1[C@@H]1C=C[C@@H]2C1. The number of allylic oxidation sites excluding steroid dienone is 2. The highest BCUT2D eigenvalue weighted by Gasteiger charge is 2.57. The van der Waals surface area contributed by atoms with Crippen molar-refractivity contribution >= 4 is 21.2 Å². The zero-order valence-electron chi connectivity index (χ0n) is 10.9. The van der Waals surface area contributed by atoms with E-state index in [4.69, 9.17) is 0 Å². The van der Waals surface area contributed by atoms with Crippen molar-refractivity contribution in [3.63, 3.8) is 0 Å². The molecule has 2 fully saturated rings. The van der Waals surface area contributed by atoms with Crippen molar-refractivity contribution in [2.45, 2.75) is 11.7 Å². The van der Waals surface area contributed by atoms with Gasteiger partial charge in [0.2, 0.25) is 0 Å². The molecule has 104 valence electrons. The van der Waals surface area contributed by atoms with Crippen LogP contribution in [0.1, 0.15) is 6.42 Å². The van der Waals surface area contributed by atoms with Gasteiger partial charge in [-0.2, -0.15) is 5.10 Å². The number of hydrogen-bond acceptors (Lipinski definition) is 4. The summed E-state index contributed by atoms with van der Waals surface area (Å²) in [7, 11) is -3.03. The van der Waals surface area contributed by atoms with Crippen molar-refractivity contribution in [3.8, 4) is 0 Å². The number of anilines is 1. The predicted molar refractivity (Wildman–Crippen MR) is 79.3 cm³/mol. The number of fused-ring (bicyclic) bond motifs is 5. The molecule has 2 bridgehead atoms. The number of hydrazone groups is 1. The molecule has 2 aliphatic carbocycles. The molecule has 0 radical (unpaired) electrons. The van der Waals surface area contributed by atoms with Gasteiger partial charge >= 0.3 is 0 Å². The van der Waals surface area contributed by atoms with Crippen molar-refractivity contribution < 1.29 is 8.42 Å². The Kier molecular flexibility index (Phi) is 2.54. The Morgan fingerprint density at radius 3 is 2.65 bits per heavy atom. The molecule has 1 aromatic carbocycles. The topological polar surface area (TPSA) is 58.5 Å². The average Bonchev–Trinajstić information content (AvgIpc) is 3.10. The smallest absolute Gasteiger partial charge is 0.159 e. The average molecular weight is 288 g/mol. The van der Waals surface area contributed by atoms with E-state index in [2.05, 4.69) is 22.7 Å². The van der Waals surface area contributed by atoms with E-state index >= 15 is 0 Å². The van der Waals surface area contributed by atoms with Crippen LogP contribution in [0.3, 0.4) is 0 Å². The Bertz CT molecular complexity index is 694. The Balaban J connectivity index is 1.65. The van der Waals surface area contributed by atoms with Gasteiger partial charge in [0.15, 0.2) is 9.84 Å². The fraction of sp³-hybridized carbons (Fsp3) is 0.400. The second-order valence-corrected chi connectivity index (χ2v) is 7.99. The number of nitrogens with one attached hydrogen (secondary N) is 1. The van der Waals surface area contributed by atoms with E-state index in [1.54, 1.807) is 0 Å². The molecule has 1 aliphatic heterocycles. The summed E-state index contributed by atoms with van der Waals surface area (Å²) < 4.78 is 24.6. The molecule has 4 atom stereocenters. The highest BCUT2D eigenvalue weighted by molar-refractivity contribution is 7.93. The first-order valence-electron chi connectivity index (χ1n) is 6.92. The largest absolute Gasteiger partial charge is 0.279 e. The molecular weight excluding hydrogens is 272 g/mol. The van der Waals surface area contributed by atoms with Gasteiger partial charge in [0, 0.05) is 5.92 Å². The van der Waals surface area contributed by atoms with Crippen molar-refractivity contribution in [1.29, 1.82) is 0 Å². The van der Waals surface area contributed by atoms with Gasteiger partial charge in [0.1, 0.15) is 0 Å². The number of nitrogens with zero attached hydrogens (tertiary/aromatic N) is 1. The number of rotatable bonds is 2. The molecule has 1 saturated carbocycles. The first-order chi connectivity index (χ1) is 9.65. The van der Waals surface area contributed by atoms with Gasteiger partial charge in [-0.1, -0.05) is 30.4 Å². The fourth-order valence-electron chi connectivity index (χ4n) is 3.86. The van der Waals surface area contributed by atoms with E-state index in [1.165, 1.54) is 0 Å². The van der Waals surface area contributed by atoms with Crippen LogP contribution in [0.25, 0.3) is 0 Å². The van der Waals surface area contributed by atoms with E-state index in [0.29, 0.717) is 5.92 Å². The second-order valence-electron chi connectivity index (χ2n) is 5.83. The second kappa shape index (κ2) is 4.19. The first kappa shape index (κ1) is 12.1. The third-order valence-electron chi connectivity index (χ3n) is 4.64. The number of para-hydroxylation sites is 1. The zero-order chi connectivity index (χ0) is 13.7. The van der Waals surface area contributed by atoms with Crippen LogP contribution in [0.15, 0.2) is 47.6 Å². The molecule has 5 heteroatoms. The number of benzene rings is 1. The molecule has 1 aromatic rings. The normalized spacial score (nSPS) is 38.3. The minimum Gasteiger partial charge on any atom is -0.279 e. The van der Waals surface area contributed by atoms with E-state index < -0.39 is 9.84 Å². The number of hydrogen-bond donors (Lipinski definition) is 1. The maximum absolute atomic E-state index is 12.3. The summed E-state index contributed by atoms with van der Waals surface area (Å²) in [5.74, 6) is 0.765. The molecule has 20 heavy (non-hydrogen) atoms. The van der Waals surface area contributed by atoms with Crippen LogP contribution >= 0.6 is 0 Å². The van der Waals surface area contributed by atoms with Gasteiger partial charge in [-0.05, 0) is 30.4 Å². The molecule has 0 spiro atoms. The lowest BCUT2D eigenvalue weighted by molar-refractivity contribution is 0.551. The summed E-state index contributed by atoms with van der Waals surface area (Å²) in [6.07, 6.45) is 5.22. The summed E-state index contributed by atoms with van der Waals surface area (Å²) in [6, 6.07) is 9.64. The van der Waals surface area contributed by atoms with E-state index in [0.717, 1.165) is 17.8 Å². The lowest BCUT2D eigenvalue weighted by Crippen LogP contribution is -2.28. The van der Waals surface area contributed by atoms with E-state index in [9.17, 15) is 8.42 Å².